The molecule has 1 heterocycles. The number of hydrogen-bond donors (Lipinski definition) is 0. The fourth-order valence-electron chi connectivity index (χ4n) is 3.36. The first-order valence-corrected chi connectivity index (χ1v) is 9.91. The molecule has 0 unspecified atom stereocenters. The van der Waals surface area contributed by atoms with Gasteiger partial charge in [-0.1, -0.05) is 29.2 Å². The maximum Gasteiger partial charge on any atom is 0.488 e. The summed E-state index contributed by atoms with van der Waals surface area (Å²) >= 11 is 0. The number of ether oxygens (including phenoxy) is 1. The van der Waals surface area contributed by atoms with Crippen LogP contribution in [0.5, 0.6) is 11.5 Å². The molecule has 1 atom stereocenters. The van der Waals surface area contributed by atoms with Crippen molar-refractivity contribution in [3.8, 4) is 11.5 Å². The number of benzene rings is 2. The molecular formula is C21H22FNO4S. The molecule has 5 nitrogen and oxygen atoms in total. The molecule has 3 rings (SSSR count). The first-order chi connectivity index (χ1) is 13.0. The van der Waals surface area contributed by atoms with Crippen molar-refractivity contribution in [1.82, 2.24) is 0 Å². The van der Waals surface area contributed by atoms with Crippen LogP contribution in [-0.2, 0) is 10.5 Å². The Balaban J connectivity index is 2.05. The minimum atomic E-state index is -5.11. The maximum absolute atomic E-state index is 13.0. The molecule has 0 aliphatic carbocycles. The van der Waals surface area contributed by atoms with Crippen molar-refractivity contribution in [2.45, 2.75) is 26.8 Å². The average molecular weight is 403 g/mol. The number of aryl methyl sites for hydroxylation is 2. The van der Waals surface area contributed by atoms with Gasteiger partial charge in [0.25, 0.3) is 0 Å². The monoisotopic (exact) mass is 403 g/mol. The van der Waals surface area contributed by atoms with Crippen LogP contribution < -0.4 is 13.8 Å². The van der Waals surface area contributed by atoms with Crippen molar-refractivity contribution in [3.63, 3.8) is 0 Å². The van der Waals surface area contributed by atoms with Crippen LogP contribution in [0.25, 0.3) is 0 Å². The quantitative estimate of drug-likeness (QED) is 0.669. The van der Waals surface area contributed by atoms with Gasteiger partial charge in [-0.2, -0.15) is 8.42 Å². The van der Waals surface area contributed by atoms with E-state index < -0.39 is 10.5 Å². The van der Waals surface area contributed by atoms with Crippen molar-refractivity contribution in [3.05, 3.63) is 77.0 Å². The molecule has 2 aromatic carbocycles. The third kappa shape index (κ3) is 3.49. The second-order valence-electron chi connectivity index (χ2n) is 6.84. The fourth-order valence-corrected chi connectivity index (χ4v) is 3.75. The highest BCUT2D eigenvalue weighted by Crippen LogP contribution is 2.49. The van der Waals surface area contributed by atoms with Crippen molar-refractivity contribution in [2.75, 3.05) is 12.0 Å². The highest BCUT2D eigenvalue weighted by molar-refractivity contribution is 7.81. The number of anilines is 1. The minimum Gasteiger partial charge on any atom is -0.496 e. The zero-order valence-corrected chi connectivity index (χ0v) is 17.1. The predicted octanol–water partition coefficient (Wildman–Crippen LogP) is 4.84. The Bertz CT molecular complexity index is 1090. The van der Waals surface area contributed by atoms with Crippen LogP contribution in [0, 0.1) is 20.8 Å². The van der Waals surface area contributed by atoms with E-state index >= 15 is 0 Å². The first kappa shape index (κ1) is 19.9. The molecule has 0 radical (unpaired) electrons. The van der Waals surface area contributed by atoms with E-state index in [9.17, 15) is 12.3 Å². The van der Waals surface area contributed by atoms with Gasteiger partial charge in [-0.3, -0.25) is 0 Å². The number of halogens is 1. The lowest BCUT2D eigenvalue weighted by Crippen LogP contribution is -2.40. The molecule has 0 saturated carbocycles. The van der Waals surface area contributed by atoms with E-state index in [1.807, 2.05) is 36.9 Å². The fraction of sp³-hybridized carbons (Fsp3) is 0.238. The van der Waals surface area contributed by atoms with Crippen LogP contribution in [-0.4, -0.2) is 15.5 Å². The van der Waals surface area contributed by atoms with Crippen molar-refractivity contribution in [1.29, 1.82) is 0 Å². The summed E-state index contributed by atoms with van der Waals surface area (Å²) in [4.78, 5) is 1.98. The molecule has 2 aromatic rings. The molecule has 0 N–H and O–H groups in total. The number of hydrogen-bond acceptors (Lipinski definition) is 5. The van der Waals surface area contributed by atoms with Crippen LogP contribution in [0.15, 0.2) is 54.8 Å². The Morgan fingerprint density at radius 3 is 2.32 bits per heavy atom. The summed E-state index contributed by atoms with van der Waals surface area (Å²) in [5.74, 6) is 0.707. The SMILES string of the molecule is C=C1C(=C)N(c2cc(C)c(C)c(OC)c2)[C@H]1c1ccc(C)c(OS(=O)(=O)F)c1. The van der Waals surface area contributed by atoms with Crippen molar-refractivity contribution < 1.29 is 21.2 Å². The average Bonchev–Trinajstić information content (AvgIpc) is 2.62. The Morgan fingerprint density at radius 2 is 1.71 bits per heavy atom. The molecule has 1 aliphatic heterocycles. The van der Waals surface area contributed by atoms with Gasteiger partial charge >= 0.3 is 10.5 Å². The maximum atomic E-state index is 13.0. The molecule has 0 aromatic heterocycles. The van der Waals surface area contributed by atoms with E-state index in [1.54, 1.807) is 20.1 Å². The lowest BCUT2D eigenvalue weighted by atomic mass is 9.85. The second-order valence-corrected chi connectivity index (χ2v) is 7.79. The summed E-state index contributed by atoms with van der Waals surface area (Å²) in [7, 11) is -3.49. The molecule has 0 amide bonds. The highest BCUT2D eigenvalue weighted by atomic mass is 32.3. The van der Waals surface area contributed by atoms with Gasteiger partial charge in [-0.05, 0) is 60.7 Å². The van der Waals surface area contributed by atoms with Gasteiger partial charge in [0.2, 0.25) is 0 Å². The summed E-state index contributed by atoms with van der Waals surface area (Å²) in [5.41, 5.74) is 5.75. The predicted molar refractivity (Wildman–Crippen MR) is 108 cm³/mol. The number of methoxy groups -OCH3 is 1. The Morgan fingerprint density at radius 1 is 1.04 bits per heavy atom. The first-order valence-electron chi connectivity index (χ1n) is 8.60. The van der Waals surface area contributed by atoms with E-state index in [1.165, 1.54) is 6.07 Å². The van der Waals surface area contributed by atoms with E-state index in [0.717, 1.165) is 39.4 Å². The molecule has 148 valence electrons. The standard InChI is InChI=1S/C21H22FNO4S/c1-12-7-8-17(10-19(12)27-28(22,24)25)21-15(4)16(5)23(21)18-9-13(2)14(3)20(11-18)26-6/h7-11,21H,4-5H2,1-3,6H3/t21-/m1/s1. The van der Waals surface area contributed by atoms with Crippen molar-refractivity contribution >= 4 is 16.2 Å². The lowest BCUT2D eigenvalue weighted by Gasteiger charge is -2.47. The van der Waals surface area contributed by atoms with Gasteiger partial charge in [0.15, 0.2) is 0 Å². The van der Waals surface area contributed by atoms with E-state index in [0.29, 0.717) is 5.56 Å². The summed E-state index contributed by atoms with van der Waals surface area (Å²) in [6.45, 7) is 13.8. The number of rotatable bonds is 5. The van der Waals surface area contributed by atoms with Gasteiger partial charge in [0.05, 0.1) is 13.2 Å². The minimum absolute atomic E-state index is 0.0528. The third-order valence-corrected chi connectivity index (χ3v) is 5.45. The summed E-state index contributed by atoms with van der Waals surface area (Å²) < 4.78 is 44.8. The zero-order valence-electron chi connectivity index (χ0n) is 16.2. The second kappa shape index (κ2) is 6.98. The smallest absolute Gasteiger partial charge is 0.488 e. The zero-order chi connectivity index (χ0) is 20.8. The van der Waals surface area contributed by atoms with Gasteiger partial charge < -0.3 is 13.8 Å². The van der Waals surface area contributed by atoms with Crippen LogP contribution in [0.4, 0.5) is 9.57 Å². The summed E-state index contributed by atoms with van der Waals surface area (Å²) in [6, 6.07) is 8.71. The van der Waals surface area contributed by atoms with Crippen LogP contribution in [0.1, 0.15) is 28.3 Å². The Kier molecular flexibility index (Phi) is 4.97. The molecule has 7 heteroatoms. The summed E-state index contributed by atoms with van der Waals surface area (Å²) in [5, 5.41) is 0. The summed E-state index contributed by atoms with van der Waals surface area (Å²) in [6.07, 6.45) is 0. The molecule has 1 saturated heterocycles. The van der Waals surface area contributed by atoms with E-state index in [2.05, 4.69) is 17.3 Å². The van der Waals surface area contributed by atoms with Gasteiger partial charge in [-0.15, -0.1) is 0 Å². The molecular weight excluding hydrogens is 381 g/mol. The molecule has 0 spiro atoms. The van der Waals surface area contributed by atoms with E-state index in [4.69, 9.17) is 4.74 Å². The van der Waals surface area contributed by atoms with Crippen LogP contribution >= 0.6 is 0 Å². The molecule has 28 heavy (non-hydrogen) atoms. The van der Waals surface area contributed by atoms with Crippen LogP contribution in [0.3, 0.4) is 0 Å². The van der Waals surface area contributed by atoms with Gasteiger partial charge in [-0.25, -0.2) is 0 Å². The van der Waals surface area contributed by atoms with E-state index in [-0.39, 0.29) is 11.8 Å². The largest absolute Gasteiger partial charge is 0.496 e. The topological polar surface area (TPSA) is 55.8 Å². The molecule has 1 aliphatic rings. The molecule has 1 fully saturated rings. The Labute approximate surface area is 165 Å². The van der Waals surface area contributed by atoms with Gasteiger partial charge in [0.1, 0.15) is 11.5 Å². The highest BCUT2D eigenvalue weighted by Gasteiger charge is 2.38. The third-order valence-electron chi connectivity index (χ3n) is 5.07. The van der Waals surface area contributed by atoms with Crippen LogP contribution in [0.2, 0.25) is 0 Å². The molecule has 0 bridgehead atoms. The van der Waals surface area contributed by atoms with Crippen molar-refractivity contribution in [2.24, 2.45) is 0 Å². The Hall–Kier alpha value is -2.80. The lowest BCUT2D eigenvalue weighted by molar-refractivity contribution is 0.411. The van der Waals surface area contributed by atoms with Gasteiger partial charge in [0, 0.05) is 17.5 Å². The normalized spacial score (nSPS) is 16.8. The number of nitrogens with zero attached hydrogens (tertiary/aromatic N) is 1.